The molecule has 0 unspecified atom stereocenters. The van der Waals surface area contributed by atoms with E-state index < -0.39 is 11.9 Å². The fourth-order valence-electron chi connectivity index (χ4n) is 3.95. The zero-order chi connectivity index (χ0) is 21.4. The molecule has 1 aliphatic rings. The second-order valence-electron chi connectivity index (χ2n) is 7.39. The lowest BCUT2D eigenvalue weighted by Gasteiger charge is -2.29. The second-order valence-corrected chi connectivity index (χ2v) is 8.18. The van der Waals surface area contributed by atoms with E-state index in [1.54, 1.807) is 0 Å². The molecule has 9 heteroatoms. The van der Waals surface area contributed by atoms with Crippen LogP contribution >= 0.6 is 23.2 Å². The van der Waals surface area contributed by atoms with Crippen LogP contribution in [0.5, 0.6) is 5.75 Å². The van der Waals surface area contributed by atoms with E-state index in [2.05, 4.69) is 0 Å². The molecule has 0 radical (unpaired) electrons. The van der Waals surface area contributed by atoms with Gasteiger partial charge in [-0.25, -0.2) is 14.2 Å². The van der Waals surface area contributed by atoms with Crippen LogP contribution in [0.3, 0.4) is 0 Å². The monoisotopic (exact) mass is 451 g/mol. The van der Waals surface area contributed by atoms with Crippen molar-refractivity contribution < 1.29 is 19.0 Å². The Morgan fingerprint density at radius 2 is 2.07 bits per heavy atom. The van der Waals surface area contributed by atoms with E-state index in [9.17, 15) is 9.18 Å². The third kappa shape index (κ3) is 3.91. The number of carboxylic acid groups (broad SMARTS) is 1. The molecule has 1 N–H and O–H groups in total. The van der Waals surface area contributed by atoms with Gasteiger partial charge in [0.25, 0.3) is 0 Å². The average molecular weight is 452 g/mol. The number of imidazole rings is 1. The van der Waals surface area contributed by atoms with Gasteiger partial charge < -0.3 is 19.1 Å². The zero-order valence-corrected chi connectivity index (χ0v) is 17.8. The minimum Gasteiger partial charge on any atom is -0.493 e. The number of pyridine rings is 1. The Morgan fingerprint density at radius 1 is 1.33 bits per heavy atom. The smallest absolute Gasteiger partial charge is 0.407 e. The van der Waals surface area contributed by atoms with Crippen molar-refractivity contribution in [2.75, 3.05) is 20.2 Å². The molecule has 1 amide bonds. The highest BCUT2D eigenvalue weighted by molar-refractivity contribution is 6.44. The minimum absolute atomic E-state index is 0.0331. The van der Waals surface area contributed by atoms with Crippen LogP contribution in [0.4, 0.5) is 9.18 Å². The number of hydrogen-bond acceptors (Lipinski definition) is 3. The molecule has 6 nitrogen and oxygen atoms in total. The highest BCUT2D eigenvalue weighted by atomic mass is 35.5. The van der Waals surface area contributed by atoms with Crippen molar-refractivity contribution >= 4 is 34.9 Å². The summed E-state index contributed by atoms with van der Waals surface area (Å²) < 4.78 is 21.4. The maximum Gasteiger partial charge on any atom is 0.407 e. The SMILES string of the molecule is COc1c(F)cc(Cl)c(Cl)c1-c1ccn2cc(CC3CCN(C(=O)O)CC3)nc2c1. The fraction of sp³-hybridized carbons (Fsp3) is 0.333. The molecule has 1 fully saturated rings. The Kier molecular flexibility index (Phi) is 5.75. The predicted octanol–water partition coefficient (Wildman–Crippen LogP) is 5.39. The number of rotatable bonds is 4. The Morgan fingerprint density at radius 3 is 2.73 bits per heavy atom. The maximum absolute atomic E-state index is 14.3. The molecule has 2 aromatic heterocycles. The zero-order valence-electron chi connectivity index (χ0n) is 16.2. The molecule has 1 saturated heterocycles. The minimum atomic E-state index is -0.861. The third-order valence-electron chi connectivity index (χ3n) is 5.51. The fourth-order valence-corrected chi connectivity index (χ4v) is 4.39. The van der Waals surface area contributed by atoms with Crippen LogP contribution < -0.4 is 4.74 Å². The van der Waals surface area contributed by atoms with Gasteiger partial charge in [-0.3, -0.25) is 0 Å². The van der Waals surface area contributed by atoms with E-state index in [0.717, 1.165) is 31.0 Å². The Balaban J connectivity index is 1.61. The van der Waals surface area contributed by atoms with Crippen LogP contribution in [0.1, 0.15) is 18.5 Å². The van der Waals surface area contributed by atoms with Gasteiger partial charge in [0, 0.05) is 31.0 Å². The van der Waals surface area contributed by atoms with Crippen molar-refractivity contribution in [3.8, 4) is 16.9 Å². The van der Waals surface area contributed by atoms with Gasteiger partial charge in [-0.15, -0.1) is 0 Å². The van der Waals surface area contributed by atoms with E-state index in [1.807, 2.05) is 28.9 Å². The first kappa shape index (κ1) is 20.8. The summed E-state index contributed by atoms with van der Waals surface area (Å²) in [7, 11) is 1.38. The maximum atomic E-state index is 14.3. The summed E-state index contributed by atoms with van der Waals surface area (Å²) in [5.41, 5.74) is 2.66. The molecule has 0 aliphatic carbocycles. The van der Waals surface area contributed by atoms with E-state index >= 15 is 0 Å². The van der Waals surface area contributed by atoms with Crippen LogP contribution in [0.25, 0.3) is 16.8 Å². The second kappa shape index (κ2) is 8.32. The van der Waals surface area contributed by atoms with E-state index in [4.69, 9.17) is 38.0 Å². The lowest BCUT2D eigenvalue weighted by Crippen LogP contribution is -2.37. The van der Waals surface area contributed by atoms with Gasteiger partial charge in [-0.2, -0.15) is 0 Å². The van der Waals surface area contributed by atoms with Crippen LogP contribution in [0.2, 0.25) is 10.0 Å². The topological polar surface area (TPSA) is 67.1 Å². The van der Waals surface area contributed by atoms with Gasteiger partial charge in [0.1, 0.15) is 5.65 Å². The van der Waals surface area contributed by atoms with E-state index in [1.165, 1.54) is 12.0 Å². The van der Waals surface area contributed by atoms with Crippen LogP contribution in [-0.4, -0.2) is 45.7 Å². The first-order valence-corrected chi connectivity index (χ1v) is 10.3. The average Bonchev–Trinajstić information content (AvgIpc) is 3.12. The van der Waals surface area contributed by atoms with E-state index in [-0.39, 0.29) is 15.8 Å². The number of fused-ring (bicyclic) bond motifs is 1. The number of halogens is 3. The van der Waals surface area contributed by atoms with Gasteiger partial charge >= 0.3 is 6.09 Å². The predicted molar refractivity (Wildman–Crippen MR) is 113 cm³/mol. The number of ether oxygens (including phenoxy) is 1. The number of nitrogens with zero attached hydrogens (tertiary/aromatic N) is 3. The first-order valence-electron chi connectivity index (χ1n) is 9.54. The number of hydrogen-bond donors (Lipinski definition) is 1. The summed E-state index contributed by atoms with van der Waals surface area (Å²) in [6.07, 6.45) is 5.35. The van der Waals surface area contributed by atoms with Gasteiger partial charge in [-0.05, 0) is 48.9 Å². The molecule has 1 aliphatic heterocycles. The van der Waals surface area contributed by atoms with Crippen molar-refractivity contribution in [3.05, 3.63) is 52.1 Å². The molecular weight excluding hydrogens is 432 g/mol. The number of likely N-dealkylation sites (tertiary alicyclic amines) is 1. The molecule has 0 spiro atoms. The molecule has 3 aromatic rings. The quantitative estimate of drug-likeness (QED) is 0.540. The first-order chi connectivity index (χ1) is 14.4. The molecule has 0 atom stereocenters. The standard InChI is InChI=1S/C21H20Cl2FN3O3/c1-30-20-16(24)10-15(22)19(23)18(20)13-4-7-27-11-14(25-17(27)9-13)8-12-2-5-26(6-3-12)21(28)29/h4,7,9-12H,2-3,5-6,8H2,1H3,(H,28,29). The number of methoxy groups -OCH3 is 1. The van der Waals surface area contributed by atoms with Crippen LogP contribution in [0, 0.1) is 11.7 Å². The molecule has 4 rings (SSSR count). The Hall–Kier alpha value is -2.51. The van der Waals surface area contributed by atoms with Crippen molar-refractivity contribution in [3.63, 3.8) is 0 Å². The summed E-state index contributed by atoms with van der Waals surface area (Å²) in [6, 6.07) is 4.76. The highest BCUT2D eigenvalue weighted by Gasteiger charge is 2.23. The highest BCUT2D eigenvalue weighted by Crippen LogP contribution is 2.42. The van der Waals surface area contributed by atoms with Crippen LogP contribution in [0.15, 0.2) is 30.6 Å². The Bertz CT molecular complexity index is 1110. The van der Waals surface area contributed by atoms with Gasteiger partial charge in [0.2, 0.25) is 0 Å². The molecule has 158 valence electrons. The molecular formula is C21H20Cl2FN3O3. The number of piperidine rings is 1. The molecule has 1 aromatic carbocycles. The largest absolute Gasteiger partial charge is 0.493 e. The van der Waals surface area contributed by atoms with Crippen molar-refractivity contribution in [2.45, 2.75) is 19.3 Å². The van der Waals surface area contributed by atoms with Crippen LogP contribution in [-0.2, 0) is 6.42 Å². The Labute approximate surface area is 182 Å². The molecule has 0 bridgehead atoms. The lowest BCUT2D eigenvalue weighted by molar-refractivity contribution is 0.124. The van der Waals surface area contributed by atoms with Gasteiger partial charge in [0.15, 0.2) is 11.6 Å². The van der Waals surface area contributed by atoms with Crippen molar-refractivity contribution in [1.82, 2.24) is 14.3 Å². The summed E-state index contributed by atoms with van der Waals surface area (Å²) in [5, 5.41) is 9.41. The number of carbonyl (C=O) groups is 1. The molecule has 0 saturated carbocycles. The molecule has 3 heterocycles. The summed E-state index contributed by atoms with van der Waals surface area (Å²) >= 11 is 12.4. The normalized spacial score (nSPS) is 15.0. The van der Waals surface area contributed by atoms with Crippen molar-refractivity contribution in [1.29, 1.82) is 0 Å². The number of benzene rings is 1. The number of amides is 1. The van der Waals surface area contributed by atoms with Gasteiger partial charge in [0.05, 0.1) is 22.8 Å². The van der Waals surface area contributed by atoms with E-state index in [0.29, 0.717) is 35.8 Å². The molecule has 30 heavy (non-hydrogen) atoms. The number of aromatic nitrogens is 2. The van der Waals surface area contributed by atoms with Crippen molar-refractivity contribution in [2.24, 2.45) is 5.92 Å². The summed E-state index contributed by atoms with van der Waals surface area (Å²) in [6.45, 7) is 1.10. The van der Waals surface area contributed by atoms with Gasteiger partial charge in [-0.1, -0.05) is 23.2 Å². The summed E-state index contributed by atoms with van der Waals surface area (Å²) in [5.74, 6) is -0.161. The third-order valence-corrected chi connectivity index (χ3v) is 6.30. The summed E-state index contributed by atoms with van der Waals surface area (Å²) in [4.78, 5) is 17.2. The lowest BCUT2D eigenvalue weighted by atomic mass is 9.92.